The molecule has 0 fully saturated rings. The van der Waals surface area contributed by atoms with Gasteiger partial charge in [0, 0.05) is 0 Å². The van der Waals surface area contributed by atoms with E-state index in [-0.39, 0.29) is 10.8 Å². The van der Waals surface area contributed by atoms with Gasteiger partial charge >= 0.3 is 0 Å². The lowest BCUT2D eigenvalue weighted by Crippen LogP contribution is -2.56. The molecule has 180 valence electrons. The third-order valence-electron chi connectivity index (χ3n) is 7.94. The van der Waals surface area contributed by atoms with Crippen LogP contribution >= 0.6 is 0 Å². The Labute approximate surface area is 205 Å². The van der Waals surface area contributed by atoms with Gasteiger partial charge in [-0.3, -0.25) is 0 Å². The van der Waals surface area contributed by atoms with Crippen LogP contribution in [0.2, 0.25) is 32.7 Å². The largest absolute Gasteiger partial charge is 0.544 e. The second kappa shape index (κ2) is 8.89. The quantitative estimate of drug-likeness (QED) is 0.354. The van der Waals surface area contributed by atoms with Gasteiger partial charge in [0.05, 0.1) is 0 Å². The lowest BCUT2D eigenvalue weighted by molar-refractivity contribution is 0.462. The molecule has 0 saturated carbocycles. The molecular weight excluding hydrogens is 433 g/mol. The highest BCUT2D eigenvalue weighted by Crippen LogP contribution is 2.40. The van der Waals surface area contributed by atoms with Crippen LogP contribution in [0.25, 0.3) is 6.08 Å². The summed E-state index contributed by atoms with van der Waals surface area (Å²) in [4.78, 5) is 0. The zero-order valence-electron chi connectivity index (χ0n) is 23.1. The minimum Gasteiger partial charge on any atom is -0.544 e. The molecule has 0 radical (unpaired) electrons. The molecule has 0 N–H and O–H groups in total. The predicted octanol–water partition coefficient (Wildman–Crippen LogP) is 7.67. The van der Waals surface area contributed by atoms with E-state index in [9.17, 15) is 0 Å². The second-order valence-corrected chi connectivity index (χ2v) is 21.5. The maximum atomic E-state index is 7.04. The number of fused-ring (bicyclic) bond motifs is 1. The average molecular weight is 479 g/mol. The third kappa shape index (κ3) is 5.10. The highest BCUT2D eigenvalue weighted by Gasteiger charge is 2.38. The van der Waals surface area contributed by atoms with Gasteiger partial charge in [0.25, 0.3) is 0 Å². The van der Waals surface area contributed by atoms with Crippen LogP contribution in [-0.4, -0.2) is 16.4 Å². The van der Waals surface area contributed by atoms with Crippen LogP contribution in [0.3, 0.4) is 0 Å². The molecule has 0 aromatic heterocycles. The van der Waals surface area contributed by atoms with Crippen LogP contribution < -0.4 is 14.8 Å². The summed E-state index contributed by atoms with van der Waals surface area (Å²) in [7, 11) is -3.87. The van der Waals surface area contributed by atoms with E-state index in [2.05, 4.69) is 117 Å². The molecule has 0 unspecified atom stereocenters. The van der Waals surface area contributed by atoms with E-state index in [1.54, 1.807) is 5.19 Å². The molecule has 3 rings (SSSR count). The molecule has 3 heteroatoms. The zero-order valence-corrected chi connectivity index (χ0v) is 25.1. The van der Waals surface area contributed by atoms with Gasteiger partial charge in [-0.2, -0.15) is 0 Å². The van der Waals surface area contributed by atoms with Crippen molar-refractivity contribution in [2.45, 2.75) is 104 Å². The van der Waals surface area contributed by atoms with Gasteiger partial charge < -0.3 is 4.43 Å². The molecule has 0 aliphatic heterocycles. The molecule has 1 aliphatic carbocycles. The summed E-state index contributed by atoms with van der Waals surface area (Å²) < 4.78 is 7.04. The standard InChI is InChI=1S/C30H46OSi2/c1-12-29(3,4)23-20-25(30(5,6)13-2)28(31-32(7,8)9)27(21-23)33(10,11)26-19-15-17-22-16-14-18-24(22)26/h14-15,17-21H,12-13,16H2,1-11H3. The molecule has 33 heavy (non-hydrogen) atoms. The molecule has 2 aromatic carbocycles. The van der Waals surface area contributed by atoms with Gasteiger partial charge in [0.2, 0.25) is 8.32 Å². The van der Waals surface area contributed by atoms with Crippen molar-refractivity contribution in [2.24, 2.45) is 0 Å². The summed E-state index contributed by atoms with van der Waals surface area (Å²) in [5, 5.41) is 3.02. The summed E-state index contributed by atoms with van der Waals surface area (Å²) in [5.74, 6) is 1.20. The fourth-order valence-corrected chi connectivity index (χ4v) is 8.70. The molecule has 0 heterocycles. The average Bonchev–Trinajstić information content (AvgIpc) is 3.21. The lowest BCUT2D eigenvalue weighted by atomic mass is 9.76. The summed E-state index contributed by atoms with van der Waals surface area (Å²) >= 11 is 0. The van der Waals surface area contributed by atoms with Crippen molar-refractivity contribution in [1.29, 1.82) is 0 Å². The molecule has 0 atom stereocenters. The van der Waals surface area contributed by atoms with Crippen molar-refractivity contribution in [3.63, 3.8) is 0 Å². The van der Waals surface area contributed by atoms with Gasteiger partial charge in [-0.05, 0) is 82.4 Å². The molecule has 0 amide bonds. The Morgan fingerprint density at radius 3 is 2.06 bits per heavy atom. The summed E-state index contributed by atoms with van der Waals surface area (Å²) in [6.45, 7) is 26.2. The third-order valence-corrected chi connectivity index (χ3v) is 12.3. The number of rotatable bonds is 8. The van der Waals surface area contributed by atoms with Crippen LogP contribution in [-0.2, 0) is 17.3 Å². The maximum absolute atomic E-state index is 7.04. The second-order valence-electron chi connectivity index (χ2n) is 12.7. The number of benzene rings is 2. The van der Waals surface area contributed by atoms with E-state index >= 15 is 0 Å². The monoisotopic (exact) mass is 478 g/mol. The topological polar surface area (TPSA) is 9.23 Å². The normalized spacial score (nSPS) is 14.5. The van der Waals surface area contributed by atoms with Gasteiger partial charge in [0.15, 0.2) is 0 Å². The number of hydrogen-bond acceptors (Lipinski definition) is 1. The fraction of sp³-hybridized carbons (Fsp3) is 0.533. The van der Waals surface area contributed by atoms with Crippen LogP contribution in [0.15, 0.2) is 36.4 Å². The van der Waals surface area contributed by atoms with Crippen molar-refractivity contribution in [1.82, 2.24) is 0 Å². The Hall–Kier alpha value is -1.59. The van der Waals surface area contributed by atoms with Crippen molar-refractivity contribution >= 4 is 32.8 Å². The molecule has 1 nitrogen and oxygen atoms in total. The van der Waals surface area contributed by atoms with Crippen LogP contribution in [0.5, 0.6) is 5.75 Å². The molecule has 1 aliphatic rings. The van der Waals surface area contributed by atoms with E-state index in [4.69, 9.17) is 4.43 Å². The molecule has 2 aromatic rings. The summed E-state index contributed by atoms with van der Waals surface area (Å²) in [6.07, 6.45) is 7.95. The minimum absolute atomic E-state index is 0.0621. The number of hydrogen-bond donors (Lipinski definition) is 0. The van der Waals surface area contributed by atoms with E-state index in [0.717, 1.165) is 19.3 Å². The Bertz CT molecular complexity index is 1050. The molecule has 0 spiro atoms. The lowest BCUT2D eigenvalue weighted by Gasteiger charge is -2.38. The zero-order chi connectivity index (χ0) is 24.8. The Kier molecular flexibility index (Phi) is 7.01. The van der Waals surface area contributed by atoms with Crippen molar-refractivity contribution in [3.8, 4) is 5.75 Å². The Morgan fingerprint density at radius 2 is 1.48 bits per heavy atom. The maximum Gasteiger partial charge on any atom is 0.242 e. The first-order chi connectivity index (χ1) is 15.1. The summed E-state index contributed by atoms with van der Waals surface area (Å²) in [6, 6.07) is 12.0. The van der Waals surface area contributed by atoms with Gasteiger partial charge in [-0.15, -0.1) is 0 Å². The van der Waals surface area contributed by atoms with Gasteiger partial charge in [-0.25, -0.2) is 0 Å². The van der Waals surface area contributed by atoms with Crippen LogP contribution in [0.4, 0.5) is 0 Å². The molecular formula is C30H46OSi2. The first-order valence-corrected chi connectivity index (χ1v) is 19.2. The first-order valence-electron chi connectivity index (χ1n) is 12.8. The summed E-state index contributed by atoms with van der Waals surface area (Å²) in [5.41, 5.74) is 6.00. The van der Waals surface area contributed by atoms with E-state index in [0.29, 0.717) is 0 Å². The predicted molar refractivity (Wildman–Crippen MR) is 153 cm³/mol. The number of allylic oxidation sites excluding steroid dienone is 1. The molecule has 0 bridgehead atoms. The SMILES string of the molecule is CCC(C)(C)c1cc(C(C)(C)CC)c(O[Si](C)(C)C)c([Si](C)(C)c2cccc3c2C=CC3)c1. The van der Waals surface area contributed by atoms with Crippen molar-refractivity contribution < 1.29 is 4.43 Å². The van der Waals surface area contributed by atoms with Crippen LogP contribution in [0.1, 0.15) is 76.6 Å². The fourth-order valence-electron chi connectivity index (χ4n) is 4.78. The highest BCUT2D eigenvalue weighted by atomic mass is 28.4. The molecule has 0 saturated heterocycles. The minimum atomic E-state index is -2.06. The smallest absolute Gasteiger partial charge is 0.242 e. The highest BCUT2D eigenvalue weighted by molar-refractivity contribution is 7.01. The Balaban J connectivity index is 2.41. The van der Waals surface area contributed by atoms with E-state index in [1.165, 1.54) is 33.2 Å². The Morgan fingerprint density at radius 1 is 0.848 bits per heavy atom. The first kappa shape index (κ1) is 26.0. The van der Waals surface area contributed by atoms with Gasteiger partial charge in [0.1, 0.15) is 13.8 Å². The van der Waals surface area contributed by atoms with E-state index in [1.807, 2.05) is 0 Å². The van der Waals surface area contributed by atoms with Crippen molar-refractivity contribution in [3.05, 3.63) is 58.7 Å². The van der Waals surface area contributed by atoms with Crippen LogP contribution in [0, 0.1) is 0 Å². The van der Waals surface area contributed by atoms with E-state index < -0.39 is 16.4 Å². The van der Waals surface area contributed by atoms with Crippen molar-refractivity contribution in [2.75, 3.05) is 0 Å². The van der Waals surface area contributed by atoms with Gasteiger partial charge in [-0.1, -0.05) is 97.1 Å².